The van der Waals surface area contributed by atoms with Crippen molar-refractivity contribution in [3.8, 4) is 11.5 Å². The number of nitrogens with zero attached hydrogens (tertiary/aromatic N) is 1. The quantitative estimate of drug-likeness (QED) is 0.423. The lowest BCUT2D eigenvalue weighted by atomic mass is 9.93. The van der Waals surface area contributed by atoms with Crippen LogP contribution in [0.25, 0.3) is 5.76 Å². The third-order valence-electron chi connectivity index (χ3n) is 5.25. The topological polar surface area (TPSA) is 87.1 Å². The zero-order valence-corrected chi connectivity index (χ0v) is 17.7. The molecule has 30 heavy (non-hydrogen) atoms. The lowest BCUT2D eigenvalue weighted by molar-refractivity contribution is -0.139. The third kappa shape index (κ3) is 3.77. The van der Waals surface area contributed by atoms with Gasteiger partial charge in [0.25, 0.3) is 11.7 Å². The van der Waals surface area contributed by atoms with Crippen LogP contribution in [0.2, 0.25) is 0 Å². The molecule has 1 atom stereocenters. The summed E-state index contributed by atoms with van der Waals surface area (Å²) in [6.45, 7) is 8.19. The van der Waals surface area contributed by atoms with Crippen molar-refractivity contribution in [1.82, 2.24) is 4.90 Å². The van der Waals surface area contributed by atoms with Gasteiger partial charge in [-0.3, -0.25) is 9.59 Å². The number of likely N-dealkylation sites (tertiary alicyclic amines) is 1. The molecule has 0 spiro atoms. The van der Waals surface area contributed by atoms with Crippen LogP contribution in [0.15, 0.2) is 42.0 Å². The molecular weight excluding hydrogens is 382 g/mol. The maximum Gasteiger partial charge on any atom is 0.295 e. The molecule has 2 aromatic rings. The first-order valence-electron chi connectivity index (χ1n) is 10.1. The van der Waals surface area contributed by atoms with Crippen molar-refractivity contribution >= 4 is 17.4 Å². The summed E-state index contributed by atoms with van der Waals surface area (Å²) in [7, 11) is 0. The predicted octanol–water partition coefficient (Wildman–Crippen LogP) is 4.24. The van der Waals surface area contributed by atoms with Gasteiger partial charge >= 0.3 is 0 Å². The summed E-state index contributed by atoms with van der Waals surface area (Å²) in [6.07, 6.45) is 0.656. The smallest absolute Gasteiger partial charge is 0.295 e. The lowest BCUT2D eigenvalue weighted by Gasteiger charge is -2.25. The molecule has 0 bridgehead atoms. The number of aliphatic hydroxyl groups is 1. The maximum atomic E-state index is 13.0. The fraction of sp³-hybridized carbons (Fsp3) is 0.333. The van der Waals surface area contributed by atoms with E-state index in [1.807, 2.05) is 32.9 Å². The molecule has 1 unspecified atom stereocenters. The molecule has 0 aromatic heterocycles. The minimum Gasteiger partial charge on any atom is -0.507 e. The highest BCUT2D eigenvalue weighted by Crippen LogP contribution is 2.42. The van der Waals surface area contributed by atoms with Gasteiger partial charge in [0.1, 0.15) is 5.76 Å². The van der Waals surface area contributed by atoms with E-state index in [2.05, 4.69) is 0 Å². The number of hydrogen-bond acceptors (Lipinski definition) is 5. The Kier molecular flexibility index (Phi) is 6.15. The monoisotopic (exact) mass is 409 g/mol. The minimum atomic E-state index is -0.760. The zero-order valence-electron chi connectivity index (χ0n) is 17.7. The van der Waals surface area contributed by atoms with Crippen LogP contribution >= 0.6 is 0 Å². The number of ether oxygens (including phenoxy) is 1. The predicted molar refractivity (Wildman–Crippen MR) is 114 cm³/mol. The SMILES string of the molecule is CCCN1C(=O)C(=O)/C(=C(/O)c2cc(C)ccc2C)C1c1ccc(O)c(OCC)c1. The van der Waals surface area contributed by atoms with Crippen molar-refractivity contribution in [1.29, 1.82) is 0 Å². The Labute approximate surface area is 176 Å². The summed E-state index contributed by atoms with van der Waals surface area (Å²) in [4.78, 5) is 27.3. The van der Waals surface area contributed by atoms with E-state index < -0.39 is 17.7 Å². The molecule has 1 heterocycles. The molecule has 2 N–H and O–H groups in total. The number of Topliss-reactive ketones (excluding diaryl/α,β-unsaturated/α-hetero) is 1. The van der Waals surface area contributed by atoms with E-state index in [1.165, 1.54) is 11.0 Å². The van der Waals surface area contributed by atoms with Crippen molar-refractivity contribution in [3.63, 3.8) is 0 Å². The highest BCUT2D eigenvalue weighted by atomic mass is 16.5. The van der Waals surface area contributed by atoms with Crippen LogP contribution in [0.4, 0.5) is 0 Å². The fourth-order valence-corrected chi connectivity index (χ4v) is 3.81. The Morgan fingerprint density at radius 1 is 1.10 bits per heavy atom. The van der Waals surface area contributed by atoms with Crippen LogP contribution in [0, 0.1) is 13.8 Å². The molecule has 158 valence electrons. The molecule has 1 amide bonds. The number of phenols is 1. The number of amides is 1. The van der Waals surface area contributed by atoms with E-state index in [4.69, 9.17) is 4.74 Å². The number of ketones is 1. The standard InChI is InChI=1S/C24H27NO5/c1-5-11-25-21(16-9-10-18(26)19(13-16)30-6-2)20(23(28)24(25)29)22(27)17-12-14(3)7-8-15(17)4/h7-10,12-13,21,26-27H,5-6,11H2,1-4H3/b22-20+. The minimum absolute atomic E-state index is 0.0254. The number of hydrogen-bond donors (Lipinski definition) is 2. The molecule has 0 saturated carbocycles. The molecule has 2 aromatic carbocycles. The van der Waals surface area contributed by atoms with Crippen LogP contribution < -0.4 is 4.74 Å². The maximum absolute atomic E-state index is 13.0. The number of benzene rings is 2. The number of aromatic hydroxyl groups is 1. The Hall–Kier alpha value is -3.28. The summed E-state index contributed by atoms with van der Waals surface area (Å²) in [5.74, 6) is -1.30. The summed E-state index contributed by atoms with van der Waals surface area (Å²) in [5.41, 5.74) is 2.91. The van der Waals surface area contributed by atoms with Crippen LogP contribution in [0.5, 0.6) is 11.5 Å². The number of carbonyl (C=O) groups excluding carboxylic acids is 2. The average Bonchev–Trinajstić information content (AvgIpc) is 2.96. The fourth-order valence-electron chi connectivity index (χ4n) is 3.81. The third-order valence-corrected chi connectivity index (χ3v) is 5.25. The molecule has 6 heteroatoms. The first kappa shape index (κ1) is 21.4. The molecular formula is C24H27NO5. The van der Waals surface area contributed by atoms with Crippen molar-refractivity contribution in [2.24, 2.45) is 0 Å². The molecule has 1 aliphatic heterocycles. The van der Waals surface area contributed by atoms with Gasteiger partial charge in [-0.15, -0.1) is 0 Å². The second-order valence-electron chi connectivity index (χ2n) is 7.47. The van der Waals surface area contributed by atoms with Gasteiger partial charge < -0.3 is 19.8 Å². The van der Waals surface area contributed by atoms with Crippen LogP contribution in [-0.2, 0) is 9.59 Å². The molecule has 6 nitrogen and oxygen atoms in total. The normalized spacial score (nSPS) is 18.1. The molecule has 0 radical (unpaired) electrons. The Bertz CT molecular complexity index is 1020. The first-order valence-corrected chi connectivity index (χ1v) is 10.1. The van der Waals surface area contributed by atoms with E-state index in [0.29, 0.717) is 30.7 Å². The van der Waals surface area contributed by atoms with Gasteiger partial charge in [0.05, 0.1) is 18.2 Å². The summed E-state index contributed by atoms with van der Waals surface area (Å²) < 4.78 is 5.48. The first-order chi connectivity index (χ1) is 14.3. The molecule has 0 aliphatic carbocycles. The zero-order chi connectivity index (χ0) is 22.0. The molecule has 1 fully saturated rings. The van der Waals surface area contributed by atoms with E-state index in [1.54, 1.807) is 25.1 Å². The Balaban J connectivity index is 2.24. The van der Waals surface area contributed by atoms with Gasteiger partial charge in [-0.25, -0.2) is 0 Å². The van der Waals surface area contributed by atoms with E-state index in [9.17, 15) is 19.8 Å². The second-order valence-corrected chi connectivity index (χ2v) is 7.47. The lowest BCUT2D eigenvalue weighted by Crippen LogP contribution is -2.30. The Morgan fingerprint density at radius 2 is 1.83 bits per heavy atom. The largest absolute Gasteiger partial charge is 0.507 e. The number of aryl methyl sites for hydroxylation is 2. The van der Waals surface area contributed by atoms with Gasteiger partial charge in [-0.2, -0.15) is 0 Å². The van der Waals surface area contributed by atoms with Gasteiger partial charge in [0.15, 0.2) is 11.5 Å². The second kappa shape index (κ2) is 8.61. The molecule has 1 aliphatic rings. The van der Waals surface area contributed by atoms with Crippen LogP contribution in [0.3, 0.4) is 0 Å². The highest BCUT2D eigenvalue weighted by molar-refractivity contribution is 6.46. The van der Waals surface area contributed by atoms with Gasteiger partial charge in [-0.05, 0) is 56.5 Å². The molecule has 1 saturated heterocycles. The molecule has 3 rings (SSSR count). The summed E-state index contributed by atoms with van der Waals surface area (Å²) >= 11 is 0. The van der Waals surface area contributed by atoms with Crippen molar-refractivity contribution in [3.05, 3.63) is 64.2 Å². The number of aliphatic hydroxyl groups excluding tert-OH is 1. The summed E-state index contributed by atoms with van der Waals surface area (Å²) in [6, 6.07) is 9.58. The van der Waals surface area contributed by atoms with E-state index in [0.717, 1.165) is 11.1 Å². The number of rotatable bonds is 6. The van der Waals surface area contributed by atoms with Crippen molar-refractivity contribution in [2.45, 2.75) is 40.2 Å². The summed E-state index contributed by atoms with van der Waals surface area (Å²) in [5, 5.41) is 21.2. The van der Waals surface area contributed by atoms with Crippen molar-refractivity contribution < 1.29 is 24.5 Å². The van der Waals surface area contributed by atoms with Crippen LogP contribution in [-0.4, -0.2) is 40.0 Å². The highest BCUT2D eigenvalue weighted by Gasteiger charge is 2.46. The Morgan fingerprint density at radius 3 is 2.50 bits per heavy atom. The van der Waals surface area contributed by atoms with E-state index >= 15 is 0 Å². The van der Waals surface area contributed by atoms with Gasteiger partial charge in [-0.1, -0.05) is 30.7 Å². The average molecular weight is 409 g/mol. The van der Waals surface area contributed by atoms with E-state index in [-0.39, 0.29) is 22.8 Å². The van der Waals surface area contributed by atoms with Gasteiger partial charge in [0, 0.05) is 12.1 Å². The van der Waals surface area contributed by atoms with Crippen LogP contribution in [0.1, 0.15) is 48.6 Å². The number of phenolic OH excluding ortho intramolecular Hbond substituents is 1. The number of carbonyl (C=O) groups is 2. The van der Waals surface area contributed by atoms with Crippen molar-refractivity contribution in [2.75, 3.05) is 13.2 Å². The van der Waals surface area contributed by atoms with Gasteiger partial charge in [0.2, 0.25) is 0 Å².